The van der Waals surface area contributed by atoms with Crippen molar-refractivity contribution in [2.24, 2.45) is 0 Å². The summed E-state index contributed by atoms with van der Waals surface area (Å²) in [5, 5.41) is 9.83. The third kappa shape index (κ3) is 46.4. The van der Waals surface area contributed by atoms with Crippen molar-refractivity contribution in [2.75, 3.05) is 13.2 Å². The number of ether oxygens (including phenoxy) is 2. The zero-order chi connectivity index (χ0) is 43.3. The molecule has 0 aliphatic carbocycles. The van der Waals surface area contributed by atoms with Crippen LogP contribution in [0.5, 0.6) is 0 Å². The normalized spacial score (nSPS) is 13.6. The maximum absolute atomic E-state index is 12.4. The molecule has 0 bridgehead atoms. The highest BCUT2D eigenvalue weighted by Gasteiger charge is 2.22. The summed E-state index contributed by atoms with van der Waals surface area (Å²) in [5.74, 6) is -1.00. The van der Waals surface area contributed by atoms with Gasteiger partial charge in [0.25, 0.3) is 0 Å². The van der Waals surface area contributed by atoms with E-state index in [1.54, 1.807) is 6.08 Å². The number of esters is 2. The summed E-state index contributed by atoms with van der Waals surface area (Å²) in [7, 11) is -4.79. The topological polar surface area (TPSA) is 140 Å². The Morgan fingerprint density at radius 2 is 1.02 bits per heavy atom. The second-order valence-corrected chi connectivity index (χ2v) is 16.8. The van der Waals surface area contributed by atoms with Crippen molar-refractivity contribution >= 4 is 19.8 Å². The van der Waals surface area contributed by atoms with Crippen molar-refractivity contribution in [2.45, 2.75) is 212 Å². The molecule has 0 aromatic carbocycles. The number of hydrogen-bond donors (Lipinski definition) is 3. The molecule has 0 saturated heterocycles. The molecule has 0 fully saturated rings. The van der Waals surface area contributed by atoms with Gasteiger partial charge in [-0.1, -0.05) is 215 Å². The van der Waals surface area contributed by atoms with Gasteiger partial charge < -0.3 is 24.4 Å². The molecular weight excluding hydrogens is 764 g/mol. The first-order valence-corrected chi connectivity index (χ1v) is 24.9. The average molecular weight is 849 g/mol. The largest absolute Gasteiger partial charge is 0.469 e. The van der Waals surface area contributed by atoms with Gasteiger partial charge in [0, 0.05) is 12.8 Å². The summed E-state index contributed by atoms with van der Waals surface area (Å²) in [4.78, 5) is 42.9. The summed E-state index contributed by atoms with van der Waals surface area (Å²) in [5.41, 5.74) is 0. The van der Waals surface area contributed by atoms with Crippen molar-refractivity contribution < 1.29 is 43.0 Å². The molecule has 0 aromatic rings. The van der Waals surface area contributed by atoms with E-state index < -0.39 is 38.6 Å². The summed E-state index contributed by atoms with van der Waals surface area (Å²) in [6, 6.07) is 0. The lowest BCUT2D eigenvalue weighted by Gasteiger charge is -2.18. The summed E-state index contributed by atoms with van der Waals surface area (Å²) < 4.78 is 26.4. The first kappa shape index (κ1) is 56.5. The number of unbranched alkanes of at least 4 members (excludes halogenated alkanes) is 20. The SMILES string of the molecule is CC/C=C\CC(O)/C=C/C=C/C/C=C\C/C=C\C/C=C\CCC(=O)O[C@H](COC(=O)CCCCCCCCCCCCCCCCCCCCCCC)COP(=O)(O)O. The zero-order valence-electron chi connectivity index (χ0n) is 37.2. The van der Waals surface area contributed by atoms with Gasteiger partial charge in [0.15, 0.2) is 6.10 Å². The first-order valence-electron chi connectivity index (χ1n) is 23.3. The highest BCUT2D eigenvalue weighted by molar-refractivity contribution is 7.46. The van der Waals surface area contributed by atoms with E-state index in [1.165, 1.54) is 109 Å². The lowest BCUT2D eigenvalue weighted by molar-refractivity contribution is -0.161. The van der Waals surface area contributed by atoms with Gasteiger partial charge in [0.2, 0.25) is 0 Å². The molecule has 3 N–H and O–H groups in total. The molecule has 10 heteroatoms. The van der Waals surface area contributed by atoms with Gasteiger partial charge in [-0.2, -0.15) is 0 Å². The van der Waals surface area contributed by atoms with Crippen molar-refractivity contribution in [3.63, 3.8) is 0 Å². The highest BCUT2D eigenvalue weighted by Crippen LogP contribution is 2.36. The molecule has 0 aromatic heterocycles. The average Bonchev–Trinajstić information content (AvgIpc) is 3.20. The standard InChI is InChI=1S/C49H85O9P/c1-3-5-7-8-9-10-11-12-13-14-15-16-17-18-19-22-25-28-31-34-38-42-48(51)56-44-47(45-57-59(53,54)55)58-49(52)43-39-35-32-29-26-23-20-21-24-27-30-33-37-41-46(50)40-36-6-4-2/h6,21,23-24,26,30,32-33,35-37,41,46-47,50H,3-5,7-20,22,25,27-29,31,34,38-40,42-45H2,1-2H3,(H2,53,54,55)/b24-21-,26-23-,33-30+,35-32-,36-6-,41-37+/t46?,47-/m1/s1. The van der Waals surface area contributed by atoms with E-state index in [0.29, 0.717) is 19.3 Å². The highest BCUT2D eigenvalue weighted by atomic mass is 31.2. The Labute approximate surface area is 360 Å². The third-order valence-corrected chi connectivity index (χ3v) is 10.3. The molecule has 0 saturated carbocycles. The maximum Gasteiger partial charge on any atom is 0.469 e. The molecule has 340 valence electrons. The minimum atomic E-state index is -4.79. The minimum absolute atomic E-state index is 0.0698. The van der Waals surface area contributed by atoms with E-state index in [4.69, 9.17) is 19.3 Å². The maximum atomic E-state index is 12.4. The predicted octanol–water partition coefficient (Wildman–Crippen LogP) is 13.6. The second-order valence-electron chi connectivity index (χ2n) is 15.6. The van der Waals surface area contributed by atoms with Gasteiger partial charge in [-0.3, -0.25) is 14.1 Å². The van der Waals surface area contributed by atoms with Crippen LogP contribution in [0.1, 0.15) is 200 Å². The Morgan fingerprint density at radius 3 is 1.51 bits per heavy atom. The molecule has 0 spiro atoms. The number of carbonyl (C=O) groups excluding carboxylic acids is 2. The molecule has 0 amide bonds. The van der Waals surface area contributed by atoms with Crippen LogP contribution in [-0.2, 0) is 28.2 Å². The van der Waals surface area contributed by atoms with Crippen LogP contribution in [0, 0.1) is 0 Å². The van der Waals surface area contributed by atoms with E-state index in [1.807, 2.05) is 48.6 Å². The smallest absolute Gasteiger partial charge is 0.462 e. The van der Waals surface area contributed by atoms with Crippen molar-refractivity contribution in [1.82, 2.24) is 0 Å². The molecule has 59 heavy (non-hydrogen) atoms. The Morgan fingerprint density at radius 1 is 0.542 bits per heavy atom. The second kappa shape index (κ2) is 43.5. The zero-order valence-corrected chi connectivity index (χ0v) is 38.1. The molecule has 0 aliphatic heterocycles. The number of phosphoric acid groups is 1. The van der Waals surface area contributed by atoms with Gasteiger partial charge in [-0.25, -0.2) is 4.57 Å². The third-order valence-electron chi connectivity index (χ3n) is 9.83. The predicted molar refractivity (Wildman–Crippen MR) is 245 cm³/mol. The van der Waals surface area contributed by atoms with Crippen LogP contribution in [0.15, 0.2) is 72.9 Å². The fourth-order valence-electron chi connectivity index (χ4n) is 6.37. The van der Waals surface area contributed by atoms with Crippen LogP contribution in [0.4, 0.5) is 0 Å². The van der Waals surface area contributed by atoms with Gasteiger partial charge in [0.1, 0.15) is 6.61 Å². The van der Waals surface area contributed by atoms with Crippen LogP contribution in [0.3, 0.4) is 0 Å². The van der Waals surface area contributed by atoms with Crippen LogP contribution in [0.2, 0.25) is 0 Å². The lowest BCUT2D eigenvalue weighted by Crippen LogP contribution is -2.29. The van der Waals surface area contributed by atoms with Gasteiger partial charge in [-0.15, -0.1) is 0 Å². The van der Waals surface area contributed by atoms with E-state index in [2.05, 4.69) is 36.6 Å². The van der Waals surface area contributed by atoms with Crippen LogP contribution in [-0.4, -0.2) is 52.3 Å². The Bertz CT molecular complexity index is 1200. The van der Waals surface area contributed by atoms with E-state index in [-0.39, 0.29) is 19.4 Å². The lowest BCUT2D eigenvalue weighted by atomic mass is 10.0. The van der Waals surface area contributed by atoms with Crippen LogP contribution in [0.25, 0.3) is 0 Å². The minimum Gasteiger partial charge on any atom is -0.462 e. The Hall–Kier alpha value is -2.55. The van der Waals surface area contributed by atoms with E-state index in [0.717, 1.165) is 44.9 Å². The fraction of sp³-hybridized carbons (Fsp3) is 0.714. The summed E-state index contributed by atoms with van der Waals surface area (Å²) in [6.07, 6.45) is 54.0. The van der Waals surface area contributed by atoms with Gasteiger partial charge >= 0.3 is 19.8 Å². The Balaban J connectivity index is 3.99. The first-order chi connectivity index (χ1) is 28.7. The van der Waals surface area contributed by atoms with E-state index in [9.17, 15) is 19.3 Å². The molecule has 0 radical (unpaired) electrons. The number of carbonyl (C=O) groups is 2. The number of hydrogen-bond acceptors (Lipinski definition) is 7. The number of phosphoric ester groups is 1. The molecule has 9 nitrogen and oxygen atoms in total. The van der Waals surface area contributed by atoms with Crippen LogP contribution < -0.4 is 0 Å². The van der Waals surface area contributed by atoms with Gasteiger partial charge in [0.05, 0.1) is 12.7 Å². The molecule has 0 heterocycles. The van der Waals surface area contributed by atoms with E-state index >= 15 is 0 Å². The Kier molecular flexibility index (Phi) is 41.7. The molecule has 0 rings (SSSR count). The van der Waals surface area contributed by atoms with Crippen molar-refractivity contribution in [3.8, 4) is 0 Å². The molecular formula is C49H85O9P. The monoisotopic (exact) mass is 849 g/mol. The summed E-state index contributed by atoms with van der Waals surface area (Å²) in [6.45, 7) is 3.44. The number of allylic oxidation sites excluding steroid dienone is 10. The summed E-state index contributed by atoms with van der Waals surface area (Å²) >= 11 is 0. The molecule has 0 aliphatic rings. The van der Waals surface area contributed by atoms with Crippen molar-refractivity contribution in [1.29, 1.82) is 0 Å². The quantitative estimate of drug-likeness (QED) is 0.0180. The van der Waals surface area contributed by atoms with Gasteiger partial charge in [-0.05, 0) is 44.9 Å². The number of aliphatic hydroxyl groups excluding tert-OH is 1. The number of rotatable bonds is 42. The molecule has 2 atom stereocenters. The number of aliphatic hydroxyl groups is 1. The van der Waals surface area contributed by atoms with Crippen LogP contribution >= 0.6 is 7.82 Å². The molecule has 1 unspecified atom stereocenters. The fourth-order valence-corrected chi connectivity index (χ4v) is 6.73. The van der Waals surface area contributed by atoms with Crippen molar-refractivity contribution in [3.05, 3.63) is 72.9 Å².